The smallest absolute Gasteiger partial charge is 0.326 e. The van der Waals surface area contributed by atoms with Gasteiger partial charge in [-0.1, -0.05) is 12.1 Å². The van der Waals surface area contributed by atoms with Gasteiger partial charge in [0.15, 0.2) is 0 Å². The molecule has 1 aromatic rings. The molecule has 2 rings (SSSR count). The van der Waals surface area contributed by atoms with Crippen LogP contribution in [0.1, 0.15) is 29.6 Å². The number of amides is 1. The first-order valence-electron chi connectivity index (χ1n) is 7.01. The molecule has 22 heavy (non-hydrogen) atoms. The number of hydrogen-bond donors (Lipinski definition) is 2. The lowest BCUT2D eigenvalue weighted by Crippen LogP contribution is -2.42. The van der Waals surface area contributed by atoms with Crippen LogP contribution in [-0.2, 0) is 4.79 Å². The fourth-order valence-electron chi connectivity index (χ4n) is 1.91. The lowest BCUT2D eigenvalue weighted by molar-refractivity contribution is -0.140. The van der Waals surface area contributed by atoms with E-state index in [4.69, 9.17) is 9.84 Å². The third-order valence-electron chi connectivity index (χ3n) is 3.32. The summed E-state index contributed by atoms with van der Waals surface area (Å²) in [6.45, 7) is 0.490. The van der Waals surface area contributed by atoms with Crippen molar-refractivity contribution in [2.45, 2.75) is 31.7 Å². The van der Waals surface area contributed by atoms with Crippen LogP contribution in [0.15, 0.2) is 24.3 Å². The van der Waals surface area contributed by atoms with E-state index < -0.39 is 30.8 Å². The molecule has 0 heterocycles. The number of carbonyl (C=O) groups excluding carboxylic acids is 1. The molecule has 0 spiro atoms. The Morgan fingerprint density at radius 3 is 2.59 bits per heavy atom. The first kappa shape index (κ1) is 16.2. The summed E-state index contributed by atoms with van der Waals surface area (Å²) in [6, 6.07) is 4.72. The molecule has 2 N–H and O–H groups in total. The van der Waals surface area contributed by atoms with Gasteiger partial charge in [0, 0.05) is 6.42 Å². The molecule has 1 amide bonds. The second-order valence-corrected chi connectivity index (χ2v) is 5.24. The SMILES string of the molecule is O=C(NC(CC(F)F)C(=O)O)c1ccccc1OCC1CC1. The number of benzene rings is 1. The van der Waals surface area contributed by atoms with E-state index in [1.807, 2.05) is 0 Å². The quantitative estimate of drug-likeness (QED) is 0.772. The molecule has 7 heteroatoms. The van der Waals surface area contributed by atoms with Crippen LogP contribution in [0.3, 0.4) is 0 Å². The fraction of sp³-hybridized carbons (Fsp3) is 0.467. The minimum Gasteiger partial charge on any atom is -0.492 e. The number of para-hydroxylation sites is 1. The third-order valence-corrected chi connectivity index (χ3v) is 3.32. The van der Waals surface area contributed by atoms with E-state index in [1.165, 1.54) is 6.07 Å². The molecule has 1 saturated carbocycles. The van der Waals surface area contributed by atoms with Gasteiger partial charge in [0.1, 0.15) is 11.8 Å². The van der Waals surface area contributed by atoms with Gasteiger partial charge in [0.25, 0.3) is 5.91 Å². The van der Waals surface area contributed by atoms with Gasteiger partial charge in [-0.15, -0.1) is 0 Å². The Morgan fingerprint density at radius 2 is 2.00 bits per heavy atom. The van der Waals surface area contributed by atoms with Gasteiger partial charge < -0.3 is 15.2 Å². The van der Waals surface area contributed by atoms with Crippen molar-refractivity contribution in [2.75, 3.05) is 6.61 Å². The van der Waals surface area contributed by atoms with Gasteiger partial charge in [-0.3, -0.25) is 4.79 Å². The summed E-state index contributed by atoms with van der Waals surface area (Å²) in [6.07, 6.45) is -1.58. The highest BCUT2D eigenvalue weighted by molar-refractivity contribution is 5.98. The molecule has 1 atom stereocenters. The predicted molar refractivity (Wildman–Crippen MR) is 74.2 cm³/mol. The summed E-state index contributed by atoms with van der Waals surface area (Å²) in [5.41, 5.74) is 0.142. The van der Waals surface area contributed by atoms with E-state index in [0.717, 1.165) is 12.8 Å². The van der Waals surface area contributed by atoms with E-state index in [1.54, 1.807) is 18.2 Å². The van der Waals surface area contributed by atoms with Crippen LogP contribution in [-0.4, -0.2) is 36.1 Å². The maximum Gasteiger partial charge on any atom is 0.326 e. The zero-order valence-electron chi connectivity index (χ0n) is 11.8. The molecule has 1 fully saturated rings. The monoisotopic (exact) mass is 313 g/mol. The molecule has 1 aliphatic carbocycles. The molecule has 1 aliphatic rings. The number of carboxylic acids is 1. The highest BCUT2D eigenvalue weighted by Gasteiger charge is 2.26. The number of aliphatic carboxylic acids is 1. The number of rotatable bonds is 8. The van der Waals surface area contributed by atoms with Gasteiger partial charge in [0.05, 0.1) is 12.2 Å². The van der Waals surface area contributed by atoms with Gasteiger partial charge in [-0.2, -0.15) is 0 Å². The van der Waals surface area contributed by atoms with Crippen molar-refractivity contribution in [2.24, 2.45) is 5.92 Å². The van der Waals surface area contributed by atoms with Crippen molar-refractivity contribution < 1.29 is 28.2 Å². The van der Waals surface area contributed by atoms with Crippen molar-refractivity contribution in [3.05, 3.63) is 29.8 Å². The lowest BCUT2D eigenvalue weighted by Gasteiger charge is -2.16. The van der Waals surface area contributed by atoms with Crippen LogP contribution >= 0.6 is 0 Å². The molecule has 120 valence electrons. The Balaban J connectivity index is 2.05. The highest BCUT2D eigenvalue weighted by atomic mass is 19.3. The molecule has 1 unspecified atom stereocenters. The number of carbonyl (C=O) groups is 2. The third kappa shape index (κ3) is 4.68. The number of halogens is 2. The number of ether oxygens (including phenoxy) is 1. The molecule has 0 aromatic heterocycles. The standard InChI is InChI=1S/C15H17F2NO4/c16-13(17)7-11(15(20)21)18-14(19)10-3-1-2-4-12(10)22-8-9-5-6-9/h1-4,9,11,13H,5-8H2,(H,18,19)(H,20,21). The highest BCUT2D eigenvalue weighted by Crippen LogP contribution is 2.30. The molecule has 0 aliphatic heterocycles. The molecule has 5 nitrogen and oxygen atoms in total. The minimum atomic E-state index is -2.82. The summed E-state index contributed by atoms with van der Waals surface area (Å²) >= 11 is 0. The van der Waals surface area contributed by atoms with Crippen LogP contribution in [0.4, 0.5) is 8.78 Å². The molecule has 1 aromatic carbocycles. The zero-order valence-corrected chi connectivity index (χ0v) is 11.8. The summed E-state index contributed by atoms with van der Waals surface area (Å²) in [7, 11) is 0. The van der Waals surface area contributed by atoms with Gasteiger partial charge in [0.2, 0.25) is 6.43 Å². The average molecular weight is 313 g/mol. The van der Waals surface area contributed by atoms with E-state index in [2.05, 4.69) is 5.32 Å². The lowest BCUT2D eigenvalue weighted by atomic mass is 10.1. The van der Waals surface area contributed by atoms with E-state index in [9.17, 15) is 18.4 Å². The van der Waals surface area contributed by atoms with Crippen molar-refractivity contribution in [1.82, 2.24) is 5.32 Å². The molecule has 0 saturated heterocycles. The van der Waals surface area contributed by atoms with Crippen molar-refractivity contribution in [3.63, 3.8) is 0 Å². The summed E-state index contributed by atoms with van der Waals surface area (Å²) < 4.78 is 30.3. The van der Waals surface area contributed by atoms with Crippen molar-refractivity contribution >= 4 is 11.9 Å². The first-order chi connectivity index (χ1) is 10.5. The molecule has 0 bridgehead atoms. The number of alkyl halides is 2. The maximum absolute atomic E-state index is 12.4. The Morgan fingerprint density at radius 1 is 1.32 bits per heavy atom. The summed E-state index contributed by atoms with van der Waals surface area (Å²) in [4.78, 5) is 23.1. The van der Waals surface area contributed by atoms with E-state index >= 15 is 0 Å². The van der Waals surface area contributed by atoms with Gasteiger partial charge in [-0.25, -0.2) is 13.6 Å². The van der Waals surface area contributed by atoms with Gasteiger partial charge >= 0.3 is 5.97 Å². The van der Waals surface area contributed by atoms with Crippen LogP contribution in [0.2, 0.25) is 0 Å². The first-order valence-corrected chi connectivity index (χ1v) is 7.01. The van der Waals surface area contributed by atoms with Crippen LogP contribution in [0.5, 0.6) is 5.75 Å². The Hall–Kier alpha value is -2.18. The van der Waals surface area contributed by atoms with Crippen LogP contribution < -0.4 is 10.1 Å². The Kier molecular flexibility index (Phi) is 5.30. The normalized spacial score (nSPS) is 15.4. The number of nitrogens with one attached hydrogen (secondary N) is 1. The van der Waals surface area contributed by atoms with Crippen LogP contribution in [0, 0.1) is 5.92 Å². The second kappa shape index (κ2) is 7.20. The predicted octanol–water partition coefficient (Wildman–Crippen LogP) is 2.31. The minimum absolute atomic E-state index is 0.142. The van der Waals surface area contributed by atoms with Crippen LogP contribution in [0.25, 0.3) is 0 Å². The number of carboxylic acid groups (broad SMARTS) is 1. The van der Waals surface area contributed by atoms with Crippen molar-refractivity contribution in [1.29, 1.82) is 0 Å². The van der Waals surface area contributed by atoms with E-state index in [-0.39, 0.29) is 5.56 Å². The summed E-state index contributed by atoms with van der Waals surface area (Å²) in [5, 5.41) is 11.0. The largest absolute Gasteiger partial charge is 0.492 e. The van der Waals surface area contributed by atoms with Crippen molar-refractivity contribution in [3.8, 4) is 5.75 Å². The average Bonchev–Trinajstić information content (AvgIpc) is 3.28. The topological polar surface area (TPSA) is 75.6 Å². The fourth-order valence-corrected chi connectivity index (χ4v) is 1.91. The zero-order chi connectivity index (χ0) is 16.1. The molecular weight excluding hydrogens is 296 g/mol. The summed E-state index contributed by atoms with van der Waals surface area (Å²) in [5.74, 6) is -1.42. The van der Waals surface area contributed by atoms with Gasteiger partial charge in [-0.05, 0) is 30.9 Å². The Labute approximate surface area is 126 Å². The number of hydrogen-bond acceptors (Lipinski definition) is 3. The van der Waals surface area contributed by atoms with E-state index in [0.29, 0.717) is 18.3 Å². The Bertz CT molecular complexity index is 546. The maximum atomic E-state index is 12.4. The molecular formula is C15H17F2NO4. The second-order valence-electron chi connectivity index (χ2n) is 5.24. The molecule has 0 radical (unpaired) electrons.